The fourth-order valence-corrected chi connectivity index (χ4v) is 6.24. The van der Waals surface area contributed by atoms with E-state index in [0.717, 1.165) is 57.5 Å². The number of aromatic nitrogens is 1. The number of fused-ring (bicyclic) bond motifs is 1. The fraction of sp³-hybridized carbons (Fsp3) is 0.571. The van der Waals surface area contributed by atoms with Gasteiger partial charge in [-0.3, -0.25) is 15.2 Å². The second-order valence-electron chi connectivity index (χ2n) is 10.4. The Balaban J connectivity index is 1.16. The zero-order chi connectivity index (χ0) is 24.0. The minimum Gasteiger partial charge on any atom is -0.496 e. The highest BCUT2D eigenvalue weighted by Crippen LogP contribution is 2.40. The van der Waals surface area contributed by atoms with E-state index in [1.807, 2.05) is 24.5 Å². The summed E-state index contributed by atoms with van der Waals surface area (Å²) in [4.78, 5) is 20.1. The first-order valence-corrected chi connectivity index (χ1v) is 13.3. The van der Waals surface area contributed by atoms with Crippen LogP contribution in [0.15, 0.2) is 48.8 Å². The number of hydrogen-bond acceptors (Lipinski definition) is 6. The van der Waals surface area contributed by atoms with Crippen LogP contribution >= 0.6 is 0 Å². The number of nitrogens with one attached hydrogen (secondary N) is 3. The summed E-state index contributed by atoms with van der Waals surface area (Å²) < 4.78 is 5.53. The molecule has 0 bridgehead atoms. The van der Waals surface area contributed by atoms with Crippen LogP contribution in [0.5, 0.6) is 5.75 Å². The van der Waals surface area contributed by atoms with Gasteiger partial charge in [0.1, 0.15) is 5.75 Å². The molecule has 1 aliphatic carbocycles. The molecule has 5 unspecified atom stereocenters. The number of amides is 1. The highest BCUT2D eigenvalue weighted by Gasteiger charge is 2.42. The molecule has 2 aliphatic heterocycles. The zero-order valence-corrected chi connectivity index (χ0v) is 20.8. The van der Waals surface area contributed by atoms with Gasteiger partial charge in [-0.25, -0.2) is 5.43 Å². The summed E-state index contributed by atoms with van der Waals surface area (Å²) >= 11 is 0. The smallest absolute Gasteiger partial charge is 0.223 e. The zero-order valence-electron chi connectivity index (χ0n) is 20.8. The Morgan fingerprint density at radius 2 is 1.97 bits per heavy atom. The number of methoxy groups -OCH3 is 1. The summed E-state index contributed by atoms with van der Waals surface area (Å²) in [5.41, 5.74) is 9.46. The second-order valence-corrected chi connectivity index (χ2v) is 10.4. The molecule has 188 valence electrons. The van der Waals surface area contributed by atoms with E-state index in [4.69, 9.17) is 4.74 Å². The number of nitrogens with zero attached hydrogens (tertiary/aromatic N) is 2. The average Bonchev–Trinajstić information content (AvgIpc) is 3.20. The van der Waals surface area contributed by atoms with E-state index in [1.165, 1.54) is 24.0 Å². The molecule has 35 heavy (non-hydrogen) atoms. The van der Waals surface area contributed by atoms with Crippen molar-refractivity contribution in [1.82, 2.24) is 26.1 Å². The summed E-state index contributed by atoms with van der Waals surface area (Å²) in [7, 11) is 1.74. The molecule has 1 aromatic heterocycles. The number of ether oxygens (including phenoxy) is 1. The maximum absolute atomic E-state index is 13.4. The normalized spacial score (nSPS) is 29.2. The average molecular weight is 478 g/mol. The molecule has 0 spiro atoms. The molecule has 2 saturated heterocycles. The van der Waals surface area contributed by atoms with E-state index < -0.39 is 0 Å². The van der Waals surface area contributed by atoms with E-state index >= 15 is 0 Å². The Morgan fingerprint density at radius 3 is 2.83 bits per heavy atom. The first-order chi connectivity index (χ1) is 17.2. The van der Waals surface area contributed by atoms with Crippen LogP contribution in [0.25, 0.3) is 0 Å². The maximum Gasteiger partial charge on any atom is 0.223 e. The Kier molecular flexibility index (Phi) is 7.96. The number of benzene rings is 1. The number of rotatable bonds is 7. The summed E-state index contributed by atoms with van der Waals surface area (Å²) in [6, 6.07) is 13.3. The Bertz CT molecular complexity index is 971. The van der Waals surface area contributed by atoms with Gasteiger partial charge in [0.15, 0.2) is 0 Å². The third kappa shape index (κ3) is 5.85. The molecule has 3 fully saturated rings. The molecular weight excluding hydrogens is 438 g/mol. The number of carbonyl (C=O) groups excluding carboxylic acids is 1. The van der Waals surface area contributed by atoms with Crippen LogP contribution in [0.4, 0.5) is 0 Å². The van der Waals surface area contributed by atoms with Gasteiger partial charge in [0.25, 0.3) is 0 Å². The van der Waals surface area contributed by atoms with Crippen molar-refractivity contribution in [2.45, 2.75) is 63.1 Å². The molecule has 7 nitrogen and oxygen atoms in total. The highest BCUT2D eigenvalue weighted by atomic mass is 16.5. The number of para-hydroxylation sites is 1. The molecular formula is C28H39N5O2. The largest absolute Gasteiger partial charge is 0.496 e. The Hall–Kier alpha value is -2.48. The number of hydrazine groups is 1. The number of likely N-dealkylation sites (tertiary alicyclic amines) is 1. The van der Waals surface area contributed by atoms with E-state index in [0.29, 0.717) is 12.0 Å². The van der Waals surface area contributed by atoms with Gasteiger partial charge in [-0.15, -0.1) is 0 Å². The van der Waals surface area contributed by atoms with Crippen molar-refractivity contribution >= 4 is 5.91 Å². The molecule has 5 rings (SSSR count). The molecule has 5 atom stereocenters. The summed E-state index contributed by atoms with van der Waals surface area (Å²) in [5.74, 6) is 1.73. The van der Waals surface area contributed by atoms with Crippen LogP contribution in [-0.4, -0.2) is 54.6 Å². The standard InChI is InChI=1S/C28H39N5O2/c1-35-26-8-3-2-6-20(26)13-17-33-16-5-4-7-23(19-33)30-28(34)22-9-10-25-24(18-22)27(32-31-25)21-11-14-29-15-12-21/h2-3,6,8,11-12,14-15,22-25,27,31-32H,4-5,7,9-10,13,16-19H2,1H3,(H,30,34). The molecule has 3 N–H and O–H groups in total. The van der Waals surface area contributed by atoms with Gasteiger partial charge in [0.2, 0.25) is 5.91 Å². The predicted octanol–water partition coefficient (Wildman–Crippen LogP) is 3.24. The van der Waals surface area contributed by atoms with E-state index in [-0.39, 0.29) is 23.9 Å². The third-order valence-corrected chi connectivity index (χ3v) is 8.18. The number of pyridine rings is 1. The van der Waals surface area contributed by atoms with Crippen LogP contribution in [0.2, 0.25) is 0 Å². The van der Waals surface area contributed by atoms with Crippen molar-refractivity contribution in [3.8, 4) is 5.75 Å². The van der Waals surface area contributed by atoms with Crippen molar-refractivity contribution in [3.63, 3.8) is 0 Å². The first-order valence-electron chi connectivity index (χ1n) is 13.3. The van der Waals surface area contributed by atoms with E-state index in [9.17, 15) is 4.79 Å². The van der Waals surface area contributed by atoms with Crippen molar-refractivity contribution < 1.29 is 9.53 Å². The summed E-state index contributed by atoms with van der Waals surface area (Å²) in [5, 5.41) is 3.46. The fourth-order valence-electron chi connectivity index (χ4n) is 6.24. The SMILES string of the molecule is COc1ccccc1CCN1CCCCC(NC(=O)C2CCC3NNC(c4ccncc4)C3C2)C1. The molecule has 1 aromatic carbocycles. The monoisotopic (exact) mass is 477 g/mol. The van der Waals surface area contributed by atoms with Crippen LogP contribution in [0, 0.1) is 11.8 Å². The molecule has 7 heteroatoms. The Labute approximate surface area is 209 Å². The third-order valence-electron chi connectivity index (χ3n) is 8.18. The van der Waals surface area contributed by atoms with Gasteiger partial charge in [0.05, 0.1) is 13.2 Å². The van der Waals surface area contributed by atoms with Crippen molar-refractivity contribution in [2.24, 2.45) is 11.8 Å². The van der Waals surface area contributed by atoms with Gasteiger partial charge >= 0.3 is 0 Å². The van der Waals surface area contributed by atoms with Crippen LogP contribution in [0.3, 0.4) is 0 Å². The van der Waals surface area contributed by atoms with Gasteiger partial charge in [-0.05, 0) is 80.3 Å². The lowest BCUT2D eigenvalue weighted by atomic mass is 9.74. The molecule has 1 amide bonds. The highest BCUT2D eigenvalue weighted by molar-refractivity contribution is 5.79. The lowest BCUT2D eigenvalue weighted by molar-refractivity contribution is -0.127. The lowest BCUT2D eigenvalue weighted by Crippen LogP contribution is -2.47. The summed E-state index contributed by atoms with van der Waals surface area (Å²) in [6.07, 6.45) is 11.0. The predicted molar refractivity (Wildman–Crippen MR) is 137 cm³/mol. The molecule has 3 aliphatic rings. The Morgan fingerprint density at radius 1 is 1.11 bits per heavy atom. The molecule has 0 radical (unpaired) electrons. The first kappa shape index (κ1) is 24.2. The van der Waals surface area contributed by atoms with Gasteiger partial charge in [-0.1, -0.05) is 24.6 Å². The van der Waals surface area contributed by atoms with Gasteiger partial charge in [0, 0.05) is 43.5 Å². The topological polar surface area (TPSA) is 78.5 Å². The summed E-state index contributed by atoms with van der Waals surface area (Å²) in [6.45, 7) is 3.02. The van der Waals surface area contributed by atoms with Crippen molar-refractivity contribution in [2.75, 3.05) is 26.7 Å². The maximum atomic E-state index is 13.4. The van der Waals surface area contributed by atoms with Crippen LogP contribution < -0.4 is 20.9 Å². The second kappa shape index (κ2) is 11.5. The van der Waals surface area contributed by atoms with E-state index in [1.54, 1.807) is 7.11 Å². The van der Waals surface area contributed by atoms with Crippen LogP contribution in [0.1, 0.15) is 55.7 Å². The van der Waals surface area contributed by atoms with Gasteiger partial charge < -0.3 is 15.0 Å². The minimum absolute atomic E-state index is 0.0903. The molecule has 3 heterocycles. The van der Waals surface area contributed by atoms with Crippen molar-refractivity contribution in [3.05, 3.63) is 59.9 Å². The molecule has 2 aromatic rings. The van der Waals surface area contributed by atoms with E-state index in [2.05, 4.69) is 50.3 Å². The van der Waals surface area contributed by atoms with Crippen molar-refractivity contribution in [1.29, 1.82) is 0 Å². The number of hydrogen-bond donors (Lipinski definition) is 3. The van der Waals surface area contributed by atoms with Gasteiger partial charge in [-0.2, -0.15) is 0 Å². The lowest BCUT2D eigenvalue weighted by Gasteiger charge is -2.34. The molecule has 1 saturated carbocycles. The minimum atomic E-state index is 0.0903. The van der Waals surface area contributed by atoms with Crippen LogP contribution in [-0.2, 0) is 11.2 Å². The number of carbonyl (C=O) groups is 1. The quantitative estimate of drug-likeness (QED) is 0.568.